The van der Waals surface area contributed by atoms with Crippen LogP contribution in [-0.4, -0.2) is 25.0 Å². The Morgan fingerprint density at radius 3 is 2.77 bits per heavy atom. The standard InChI is InChI=1S/C21H26N2O2.ClH/c1-16-5-2-7-18(11-16)15-25-20-9-3-6-17(12-20)13-21(24)23-14-19-8-4-10-22-19;/h2-3,5-7,9,11-12,19,22H,4,8,10,13-15H2,1H3,(H,23,24);1H. The molecule has 2 aromatic rings. The maximum Gasteiger partial charge on any atom is 0.224 e. The number of aryl methyl sites for hydroxylation is 1. The molecule has 5 heteroatoms. The summed E-state index contributed by atoms with van der Waals surface area (Å²) >= 11 is 0. The molecule has 1 aliphatic rings. The molecule has 1 heterocycles. The third-order valence-electron chi connectivity index (χ3n) is 4.46. The fourth-order valence-corrected chi connectivity index (χ4v) is 3.13. The molecule has 1 amide bonds. The number of carbonyl (C=O) groups excluding carboxylic acids is 1. The minimum absolute atomic E-state index is 0. The van der Waals surface area contributed by atoms with Crippen molar-refractivity contribution >= 4 is 18.3 Å². The van der Waals surface area contributed by atoms with E-state index in [2.05, 4.69) is 35.8 Å². The fourth-order valence-electron chi connectivity index (χ4n) is 3.13. The lowest BCUT2D eigenvalue weighted by atomic mass is 10.1. The molecule has 4 nitrogen and oxygen atoms in total. The van der Waals surface area contributed by atoms with Crippen molar-refractivity contribution in [3.05, 3.63) is 65.2 Å². The van der Waals surface area contributed by atoms with Crippen LogP contribution in [-0.2, 0) is 17.8 Å². The Morgan fingerprint density at radius 1 is 1.19 bits per heavy atom. The first-order valence-electron chi connectivity index (χ1n) is 8.96. The zero-order valence-electron chi connectivity index (χ0n) is 15.2. The van der Waals surface area contributed by atoms with Crippen LogP contribution in [0, 0.1) is 6.92 Å². The molecule has 0 bridgehead atoms. The van der Waals surface area contributed by atoms with E-state index in [1.165, 1.54) is 12.0 Å². The Bertz CT molecular complexity index is 715. The highest BCUT2D eigenvalue weighted by Crippen LogP contribution is 2.16. The monoisotopic (exact) mass is 374 g/mol. The van der Waals surface area contributed by atoms with Gasteiger partial charge in [-0.2, -0.15) is 0 Å². The Hall–Kier alpha value is -2.04. The highest BCUT2D eigenvalue weighted by Gasteiger charge is 2.14. The van der Waals surface area contributed by atoms with Gasteiger partial charge in [0.15, 0.2) is 0 Å². The average Bonchev–Trinajstić information content (AvgIpc) is 3.12. The second-order valence-electron chi connectivity index (χ2n) is 6.70. The van der Waals surface area contributed by atoms with Crippen LogP contribution >= 0.6 is 12.4 Å². The van der Waals surface area contributed by atoms with Crippen LogP contribution in [0.15, 0.2) is 48.5 Å². The number of amides is 1. The number of hydrogen-bond donors (Lipinski definition) is 2. The SMILES string of the molecule is Cc1cccc(COc2cccc(CC(=O)NCC3CCCN3)c2)c1.Cl. The largest absolute Gasteiger partial charge is 0.489 e. The molecule has 1 aliphatic heterocycles. The first kappa shape index (κ1) is 20.3. The topological polar surface area (TPSA) is 50.4 Å². The van der Waals surface area contributed by atoms with Crippen molar-refractivity contribution in [3.8, 4) is 5.75 Å². The number of benzene rings is 2. The summed E-state index contributed by atoms with van der Waals surface area (Å²) in [5, 5.41) is 6.40. The van der Waals surface area contributed by atoms with Crippen LogP contribution < -0.4 is 15.4 Å². The van der Waals surface area contributed by atoms with Gasteiger partial charge in [-0.1, -0.05) is 42.0 Å². The van der Waals surface area contributed by atoms with Gasteiger partial charge >= 0.3 is 0 Å². The summed E-state index contributed by atoms with van der Waals surface area (Å²) in [5.74, 6) is 0.855. The molecule has 2 N–H and O–H groups in total. The van der Waals surface area contributed by atoms with E-state index in [0.717, 1.165) is 29.8 Å². The van der Waals surface area contributed by atoms with Gasteiger partial charge in [0.1, 0.15) is 12.4 Å². The van der Waals surface area contributed by atoms with Crippen molar-refractivity contribution < 1.29 is 9.53 Å². The quantitative estimate of drug-likeness (QED) is 0.780. The Morgan fingerprint density at radius 2 is 2.00 bits per heavy atom. The number of carbonyl (C=O) groups is 1. The van der Waals surface area contributed by atoms with E-state index in [1.807, 2.05) is 30.3 Å². The van der Waals surface area contributed by atoms with Crippen molar-refractivity contribution in [3.63, 3.8) is 0 Å². The Kier molecular flexibility index (Phi) is 7.95. The highest BCUT2D eigenvalue weighted by molar-refractivity contribution is 5.85. The number of rotatable bonds is 7. The second kappa shape index (κ2) is 10.2. The summed E-state index contributed by atoms with van der Waals surface area (Å²) in [6.45, 7) is 4.37. The van der Waals surface area contributed by atoms with Crippen LogP contribution in [0.4, 0.5) is 0 Å². The van der Waals surface area contributed by atoms with E-state index in [4.69, 9.17) is 4.74 Å². The predicted molar refractivity (Wildman–Crippen MR) is 107 cm³/mol. The molecule has 26 heavy (non-hydrogen) atoms. The first-order chi connectivity index (χ1) is 12.2. The van der Waals surface area contributed by atoms with Crippen molar-refractivity contribution in [1.29, 1.82) is 0 Å². The highest BCUT2D eigenvalue weighted by atomic mass is 35.5. The van der Waals surface area contributed by atoms with Crippen LogP contribution in [0.1, 0.15) is 29.5 Å². The van der Waals surface area contributed by atoms with Gasteiger partial charge in [-0.15, -0.1) is 12.4 Å². The van der Waals surface area contributed by atoms with E-state index >= 15 is 0 Å². The summed E-state index contributed by atoms with van der Waals surface area (Å²) in [6, 6.07) is 16.5. The van der Waals surface area contributed by atoms with Gasteiger partial charge in [-0.3, -0.25) is 4.79 Å². The number of nitrogens with one attached hydrogen (secondary N) is 2. The molecule has 140 valence electrons. The average molecular weight is 375 g/mol. The van der Waals surface area contributed by atoms with Crippen molar-refractivity contribution in [1.82, 2.24) is 10.6 Å². The van der Waals surface area contributed by atoms with E-state index in [0.29, 0.717) is 25.6 Å². The lowest BCUT2D eigenvalue weighted by molar-refractivity contribution is -0.120. The minimum atomic E-state index is 0. The molecule has 0 spiro atoms. The van der Waals surface area contributed by atoms with Gasteiger partial charge in [0, 0.05) is 12.6 Å². The third kappa shape index (κ3) is 6.36. The summed E-state index contributed by atoms with van der Waals surface area (Å²) in [7, 11) is 0. The lowest BCUT2D eigenvalue weighted by Crippen LogP contribution is -2.37. The number of hydrogen-bond acceptors (Lipinski definition) is 3. The molecule has 0 aromatic heterocycles. The smallest absolute Gasteiger partial charge is 0.224 e. The second-order valence-corrected chi connectivity index (χ2v) is 6.70. The van der Waals surface area contributed by atoms with Gasteiger partial charge in [0.05, 0.1) is 6.42 Å². The van der Waals surface area contributed by atoms with Gasteiger partial charge in [0.25, 0.3) is 0 Å². The van der Waals surface area contributed by atoms with Gasteiger partial charge in [0.2, 0.25) is 5.91 Å². The molecule has 0 saturated carbocycles. The zero-order chi connectivity index (χ0) is 17.5. The predicted octanol–water partition coefficient (Wildman–Crippen LogP) is 3.41. The van der Waals surface area contributed by atoms with E-state index < -0.39 is 0 Å². The zero-order valence-corrected chi connectivity index (χ0v) is 16.0. The van der Waals surface area contributed by atoms with Crippen LogP contribution in [0.25, 0.3) is 0 Å². The molecule has 0 aliphatic carbocycles. The third-order valence-corrected chi connectivity index (χ3v) is 4.46. The molecule has 1 atom stereocenters. The van der Waals surface area contributed by atoms with Crippen molar-refractivity contribution in [2.45, 2.75) is 38.8 Å². The van der Waals surface area contributed by atoms with Crippen molar-refractivity contribution in [2.24, 2.45) is 0 Å². The summed E-state index contributed by atoms with van der Waals surface area (Å²) < 4.78 is 5.87. The lowest BCUT2D eigenvalue weighted by Gasteiger charge is -2.12. The van der Waals surface area contributed by atoms with E-state index in [-0.39, 0.29) is 18.3 Å². The Balaban J connectivity index is 0.00000243. The number of halogens is 1. The maximum atomic E-state index is 12.1. The van der Waals surface area contributed by atoms with E-state index in [1.54, 1.807) is 0 Å². The number of ether oxygens (including phenoxy) is 1. The molecule has 1 saturated heterocycles. The van der Waals surface area contributed by atoms with Gasteiger partial charge < -0.3 is 15.4 Å². The summed E-state index contributed by atoms with van der Waals surface area (Å²) in [5.41, 5.74) is 3.34. The molecular formula is C21H27ClN2O2. The first-order valence-corrected chi connectivity index (χ1v) is 8.96. The summed E-state index contributed by atoms with van der Waals surface area (Å²) in [6.07, 6.45) is 2.72. The molecule has 0 radical (unpaired) electrons. The minimum Gasteiger partial charge on any atom is -0.489 e. The molecule has 3 rings (SSSR count). The van der Waals surface area contributed by atoms with Crippen LogP contribution in [0.5, 0.6) is 5.75 Å². The van der Waals surface area contributed by atoms with Gasteiger partial charge in [-0.05, 0) is 49.6 Å². The maximum absolute atomic E-state index is 12.1. The fraction of sp³-hybridized carbons (Fsp3) is 0.381. The van der Waals surface area contributed by atoms with E-state index in [9.17, 15) is 4.79 Å². The molecule has 1 fully saturated rings. The molecule has 1 unspecified atom stereocenters. The van der Waals surface area contributed by atoms with Crippen molar-refractivity contribution in [2.75, 3.05) is 13.1 Å². The van der Waals surface area contributed by atoms with Crippen LogP contribution in [0.3, 0.4) is 0 Å². The van der Waals surface area contributed by atoms with Gasteiger partial charge in [-0.25, -0.2) is 0 Å². The normalized spacial score (nSPS) is 16.0. The Labute approximate surface area is 161 Å². The summed E-state index contributed by atoms with van der Waals surface area (Å²) in [4.78, 5) is 12.1. The molecule has 2 aromatic carbocycles. The van der Waals surface area contributed by atoms with Crippen LogP contribution in [0.2, 0.25) is 0 Å². The molecular weight excluding hydrogens is 348 g/mol.